The molecule has 0 atom stereocenters. The van der Waals surface area contributed by atoms with E-state index in [9.17, 15) is 0 Å². The van der Waals surface area contributed by atoms with E-state index in [1.165, 1.54) is 52.0 Å². The van der Waals surface area contributed by atoms with Crippen molar-refractivity contribution in [2.45, 2.75) is 78.0 Å². The van der Waals surface area contributed by atoms with Gasteiger partial charge in [0.15, 0.2) is 0 Å². The lowest BCUT2D eigenvalue weighted by molar-refractivity contribution is 1.02. The standard InChI is InChI=1S/2C20H22BrP/c2*1-13(2)22(14(3)4)20-17-11-7-5-9-15(17)19(21)16-10-6-8-12-18(16)20/h2*5-14H,1-4H3. The Balaban J connectivity index is 0.000000175. The predicted octanol–water partition coefficient (Wildman–Crippen LogP) is 13.4. The molecule has 0 aliphatic heterocycles. The molecule has 4 heteroatoms. The van der Waals surface area contributed by atoms with Gasteiger partial charge in [-0.15, -0.1) is 0 Å². The van der Waals surface area contributed by atoms with Gasteiger partial charge in [-0.05, 0) is 108 Å². The first-order valence-electron chi connectivity index (χ1n) is 15.8. The number of fused-ring (bicyclic) bond motifs is 4. The van der Waals surface area contributed by atoms with Gasteiger partial charge in [0, 0.05) is 8.95 Å². The van der Waals surface area contributed by atoms with Crippen molar-refractivity contribution in [1.82, 2.24) is 0 Å². The van der Waals surface area contributed by atoms with Crippen LogP contribution in [0.1, 0.15) is 55.4 Å². The quantitative estimate of drug-likeness (QED) is 0.118. The van der Waals surface area contributed by atoms with Crippen LogP contribution in [0.15, 0.2) is 106 Å². The summed E-state index contributed by atoms with van der Waals surface area (Å²) in [5.41, 5.74) is 2.73. The Labute approximate surface area is 283 Å². The Morgan fingerprint density at radius 2 is 0.523 bits per heavy atom. The molecule has 0 bridgehead atoms. The molecule has 0 nitrogen and oxygen atoms in total. The third kappa shape index (κ3) is 6.40. The molecule has 0 saturated carbocycles. The fourth-order valence-corrected chi connectivity index (χ4v) is 14.6. The fourth-order valence-electron chi connectivity index (χ4n) is 6.89. The number of rotatable bonds is 6. The van der Waals surface area contributed by atoms with E-state index in [0.717, 1.165) is 0 Å². The normalized spacial score (nSPS) is 12.2. The number of hydrogen-bond acceptors (Lipinski definition) is 0. The molecule has 0 aliphatic rings. The number of benzene rings is 6. The highest BCUT2D eigenvalue weighted by Gasteiger charge is 2.26. The Morgan fingerprint density at radius 1 is 0.341 bits per heavy atom. The fraction of sp³-hybridized carbons (Fsp3) is 0.300. The van der Waals surface area contributed by atoms with Crippen LogP contribution in [0.4, 0.5) is 0 Å². The van der Waals surface area contributed by atoms with Crippen molar-refractivity contribution in [2.75, 3.05) is 0 Å². The van der Waals surface area contributed by atoms with Gasteiger partial charge in [-0.25, -0.2) is 0 Å². The summed E-state index contributed by atoms with van der Waals surface area (Å²) in [5.74, 6) is 0. The summed E-state index contributed by atoms with van der Waals surface area (Å²) < 4.78 is 2.45. The topological polar surface area (TPSA) is 0 Å². The zero-order chi connectivity index (χ0) is 31.7. The Kier molecular flexibility index (Phi) is 10.9. The average Bonchev–Trinajstić information content (AvgIpc) is 3.00. The van der Waals surface area contributed by atoms with Crippen molar-refractivity contribution in [3.63, 3.8) is 0 Å². The van der Waals surface area contributed by atoms with E-state index < -0.39 is 0 Å². The Hall–Kier alpha value is -1.82. The van der Waals surface area contributed by atoms with Gasteiger partial charge in [0.1, 0.15) is 0 Å². The van der Waals surface area contributed by atoms with E-state index in [0.29, 0.717) is 22.6 Å². The number of hydrogen-bond donors (Lipinski definition) is 0. The summed E-state index contributed by atoms with van der Waals surface area (Å²) in [6.45, 7) is 19.0. The maximum atomic E-state index is 3.85. The summed E-state index contributed by atoms with van der Waals surface area (Å²) in [6, 6.07) is 35.4. The minimum Gasteiger partial charge on any atom is -0.0687 e. The molecular weight excluding hydrogens is 702 g/mol. The van der Waals surface area contributed by atoms with Crippen molar-refractivity contribution in [2.24, 2.45) is 0 Å². The summed E-state index contributed by atoms with van der Waals surface area (Å²) >= 11 is 7.69. The molecule has 0 saturated heterocycles. The van der Waals surface area contributed by atoms with E-state index in [4.69, 9.17) is 0 Å². The molecule has 0 aromatic heterocycles. The highest BCUT2D eigenvalue weighted by Crippen LogP contribution is 2.51. The van der Waals surface area contributed by atoms with Gasteiger partial charge in [0.2, 0.25) is 0 Å². The average molecular weight is 747 g/mol. The third-order valence-electron chi connectivity index (χ3n) is 8.42. The van der Waals surface area contributed by atoms with E-state index in [-0.39, 0.29) is 15.8 Å². The van der Waals surface area contributed by atoms with Gasteiger partial charge in [-0.2, -0.15) is 0 Å². The second-order valence-electron chi connectivity index (χ2n) is 12.7. The molecule has 0 unspecified atom stereocenters. The van der Waals surface area contributed by atoms with E-state index >= 15 is 0 Å². The SMILES string of the molecule is CC(C)P(c1c2ccccc2c(Br)c2ccccc12)C(C)C.CC(C)P(c1c2ccccc2c(Br)c2ccccc12)C(C)C. The van der Waals surface area contributed by atoms with Crippen molar-refractivity contribution < 1.29 is 0 Å². The second-order valence-corrected chi connectivity index (χ2v) is 20.9. The molecule has 0 heterocycles. The summed E-state index contributed by atoms with van der Waals surface area (Å²) in [7, 11) is -0.413. The lowest BCUT2D eigenvalue weighted by Gasteiger charge is -2.29. The van der Waals surface area contributed by atoms with Gasteiger partial charge in [0.05, 0.1) is 0 Å². The molecule has 0 radical (unpaired) electrons. The molecule has 0 spiro atoms. The zero-order valence-electron chi connectivity index (χ0n) is 27.2. The van der Waals surface area contributed by atoms with E-state index in [1.807, 2.05) is 0 Å². The molecule has 0 aliphatic carbocycles. The molecule has 44 heavy (non-hydrogen) atoms. The minimum atomic E-state index is -0.207. The monoisotopic (exact) mass is 744 g/mol. The van der Waals surface area contributed by atoms with Gasteiger partial charge in [-0.3, -0.25) is 0 Å². The minimum absolute atomic E-state index is 0.207. The van der Waals surface area contributed by atoms with E-state index in [2.05, 4.69) is 184 Å². The van der Waals surface area contributed by atoms with Crippen LogP contribution in [0.2, 0.25) is 0 Å². The van der Waals surface area contributed by atoms with Crippen LogP contribution in [0, 0.1) is 0 Å². The van der Waals surface area contributed by atoms with Crippen LogP contribution in [0.3, 0.4) is 0 Å². The molecule has 228 valence electrons. The molecule has 0 N–H and O–H groups in total. The number of halogens is 2. The molecule has 6 aromatic carbocycles. The largest absolute Gasteiger partial charge is 0.0687 e. The molecule has 0 amide bonds. The lowest BCUT2D eigenvalue weighted by Crippen LogP contribution is -2.17. The Morgan fingerprint density at radius 3 is 0.705 bits per heavy atom. The second kappa shape index (κ2) is 14.3. The van der Waals surface area contributed by atoms with Crippen molar-refractivity contribution in [3.8, 4) is 0 Å². The van der Waals surface area contributed by atoms with Crippen molar-refractivity contribution in [1.29, 1.82) is 0 Å². The lowest BCUT2D eigenvalue weighted by atomic mass is 10.0. The van der Waals surface area contributed by atoms with Crippen LogP contribution in [0.5, 0.6) is 0 Å². The molecule has 6 rings (SSSR count). The van der Waals surface area contributed by atoms with Crippen molar-refractivity contribution in [3.05, 3.63) is 106 Å². The first-order valence-corrected chi connectivity index (χ1v) is 20.3. The molecule has 6 aromatic rings. The summed E-state index contributed by atoms with van der Waals surface area (Å²) in [5, 5.41) is 14.2. The smallest absolute Gasteiger partial charge is 0.0332 e. The van der Waals surface area contributed by atoms with Crippen LogP contribution in [-0.4, -0.2) is 22.6 Å². The molecular formula is C40H44Br2P2. The highest BCUT2D eigenvalue weighted by atomic mass is 79.9. The Bertz CT molecular complexity index is 1650. The van der Waals surface area contributed by atoms with Gasteiger partial charge >= 0.3 is 0 Å². The van der Waals surface area contributed by atoms with Crippen LogP contribution in [0.25, 0.3) is 43.1 Å². The first kappa shape index (κ1) is 33.5. The van der Waals surface area contributed by atoms with Crippen LogP contribution < -0.4 is 10.6 Å². The third-order valence-corrected chi connectivity index (χ3v) is 16.6. The highest BCUT2D eigenvalue weighted by molar-refractivity contribution is 9.11. The van der Waals surface area contributed by atoms with Crippen LogP contribution in [-0.2, 0) is 0 Å². The van der Waals surface area contributed by atoms with Crippen molar-refractivity contribution >= 4 is 101 Å². The van der Waals surface area contributed by atoms with Gasteiger partial charge in [0.25, 0.3) is 0 Å². The first-order chi connectivity index (χ1) is 21.0. The molecule has 0 fully saturated rings. The summed E-state index contributed by atoms with van der Waals surface area (Å²) in [6.07, 6.45) is 0. The van der Waals surface area contributed by atoms with Gasteiger partial charge in [-0.1, -0.05) is 168 Å². The van der Waals surface area contributed by atoms with Gasteiger partial charge < -0.3 is 0 Å². The zero-order valence-corrected chi connectivity index (χ0v) is 32.2. The van der Waals surface area contributed by atoms with Crippen LogP contribution >= 0.6 is 47.7 Å². The maximum absolute atomic E-state index is 3.85. The summed E-state index contributed by atoms with van der Waals surface area (Å²) in [4.78, 5) is 0. The predicted molar refractivity (Wildman–Crippen MR) is 212 cm³/mol. The van der Waals surface area contributed by atoms with E-state index in [1.54, 1.807) is 10.6 Å². The maximum Gasteiger partial charge on any atom is 0.0332 e.